The van der Waals surface area contributed by atoms with Crippen molar-refractivity contribution >= 4 is 0 Å². The molecule has 86 valence electrons. The van der Waals surface area contributed by atoms with E-state index in [-0.39, 0.29) is 5.92 Å². The molecule has 0 fully saturated rings. The van der Waals surface area contributed by atoms with Crippen LogP contribution in [0.4, 0.5) is 0 Å². The summed E-state index contributed by atoms with van der Waals surface area (Å²) in [5.41, 5.74) is 2.57. The lowest BCUT2D eigenvalue weighted by molar-refractivity contribution is 0.183. The lowest BCUT2D eigenvalue weighted by Crippen LogP contribution is -2.05. The molecule has 1 aromatic rings. The van der Waals surface area contributed by atoms with Crippen LogP contribution < -0.4 is 4.74 Å². The highest BCUT2D eigenvalue weighted by atomic mass is 16.5. The number of rotatable bonds is 4. The van der Waals surface area contributed by atoms with Crippen LogP contribution in [0.25, 0.3) is 0 Å². The van der Waals surface area contributed by atoms with Crippen LogP contribution in [0.2, 0.25) is 0 Å². The molecule has 0 radical (unpaired) electrons. The molecule has 16 heavy (non-hydrogen) atoms. The fraction of sp³-hybridized carbons (Fsp3) is 0.500. The van der Waals surface area contributed by atoms with Crippen LogP contribution in [0.3, 0.4) is 0 Å². The molecule has 1 unspecified atom stereocenters. The second-order valence-electron chi connectivity index (χ2n) is 3.60. The highest BCUT2D eigenvalue weighted by Gasteiger charge is 2.18. The van der Waals surface area contributed by atoms with E-state index in [1.54, 1.807) is 20.4 Å². The predicted molar refractivity (Wildman–Crippen MR) is 60.3 cm³/mol. The molecule has 0 aliphatic carbocycles. The summed E-state index contributed by atoms with van der Waals surface area (Å²) in [5.74, 6) is 0.449. The van der Waals surface area contributed by atoms with Crippen LogP contribution in [0.5, 0.6) is 5.75 Å². The fourth-order valence-electron chi connectivity index (χ4n) is 1.71. The van der Waals surface area contributed by atoms with Gasteiger partial charge in [-0.15, -0.1) is 0 Å². The van der Waals surface area contributed by atoms with E-state index < -0.39 is 0 Å². The molecule has 1 rings (SSSR count). The number of nitriles is 1. The average molecular weight is 220 g/mol. The molecule has 0 aliphatic heterocycles. The van der Waals surface area contributed by atoms with Gasteiger partial charge in [0.2, 0.25) is 0 Å². The monoisotopic (exact) mass is 220 g/mol. The van der Waals surface area contributed by atoms with Crippen LogP contribution in [-0.2, 0) is 11.3 Å². The second kappa shape index (κ2) is 5.47. The lowest BCUT2D eigenvalue weighted by atomic mass is 9.96. The summed E-state index contributed by atoms with van der Waals surface area (Å²) in [6.07, 6.45) is 1.74. The van der Waals surface area contributed by atoms with Crippen molar-refractivity contribution in [3.05, 3.63) is 23.0 Å². The van der Waals surface area contributed by atoms with Gasteiger partial charge in [0.15, 0.2) is 0 Å². The molecule has 1 aromatic heterocycles. The first-order valence-corrected chi connectivity index (χ1v) is 5.06. The number of hydrogen-bond donors (Lipinski definition) is 0. The zero-order chi connectivity index (χ0) is 12.1. The van der Waals surface area contributed by atoms with Crippen molar-refractivity contribution in [2.45, 2.75) is 26.4 Å². The molecule has 0 amide bonds. The minimum absolute atomic E-state index is 0.234. The SMILES string of the molecule is COCc1cnc(C)c(OC)c1C(C)C#N. The zero-order valence-corrected chi connectivity index (χ0v) is 10.1. The molecule has 0 aliphatic rings. The molecule has 1 heterocycles. The summed E-state index contributed by atoms with van der Waals surface area (Å²) in [4.78, 5) is 4.23. The largest absolute Gasteiger partial charge is 0.495 e. The van der Waals surface area contributed by atoms with Gasteiger partial charge in [0.25, 0.3) is 0 Å². The molecule has 1 atom stereocenters. The Morgan fingerprint density at radius 3 is 2.69 bits per heavy atom. The van der Waals surface area contributed by atoms with E-state index in [1.165, 1.54) is 0 Å². The first kappa shape index (κ1) is 12.5. The van der Waals surface area contributed by atoms with Crippen LogP contribution in [0, 0.1) is 18.3 Å². The third-order valence-electron chi connectivity index (χ3n) is 2.46. The molecule has 0 spiro atoms. The minimum Gasteiger partial charge on any atom is -0.495 e. The van der Waals surface area contributed by atoms with E-state index in [0.717, 1.165) is 16.8 Å². The van der Waals surface area contributed by atoms with Gasteiger partial charge in [-0.2, -0.15) is 5.26 Å². The van der Waals surface area contributed by atoms with Gasteiger partial charge in [-0.1, -0.05) is 0 Å². The highest BCUT2D eigenvalue weighted by molar-refractivity contribution is 5.46. The summed E-state index contributed by atoms with van der Waals surface area (Å²) in [7, 11) is 3.21. The first-order valence-electron chi connectivity index (χ1n) is 5.06. The predicted octanol–water partition coefficient (Wildman–Crippen LogP) is 2.17. The average Bonchev–Trinajstić information content (AvgIpc) is 2.30. The van der Waals surface area contributed by atoms with Crippen LogP contribution >= 0.6 is 0 Å². The van der Waals surface area contributed by atoms with Crippen molar-refractivity contribution < 1.29 is 9.47 Å². The highest BCUT2D eigenvalue weighted by Crippen LogP contribution is 2.31. The Balaban J connectivity index is 3.36. The molecule has 0 aromatic carbocycles. The van der Waals surface area contributed by atoms with Gasteiger partial charge in [0, 0.05) is 24.4 Å². The van der Waals surface area contributed by atoms with Crippen molar-refractivity contribution in [2.24, 2.45) is 0 Å². The van der Waals surface area contributed by atoms with E-state index in [9.17, 15) is 0 Å². The van der Waals surface area contributed by atoms with Gasteiger partial charge in [-0.25, -0.2) is 0 Å². The smallest absolute Gasteiger partial charge is 0.144 e. The molecule has 0 N–H and O–H groups in total. The fourth-order valence-corrected chi connectivity index (χ4v) is 1.71. The van der Waals surface area contributed by atoms with Crippen molar-refractivity contribution in [2.75, 3.05) is 14.2 Å². The summed E-state index contributed by atoms with van der Waals surface area (Å²) in [6.45, 7) is 4.14. The molecule has 4 nitrogen and oxygen atoms in total. The van der Waals surface area contributed by atoms with Gasteiger partial charge in [-0.3, -0.25) is 4.98 Å². The number of nitrogens with zero attached hydrogens (tertiary/aromatic N) is 2. The molecule has 4 heteroatoms. The van der Waals surface area contributed by atoms with Crippen molar-refractivity contribution in [3.8, 4) is 11.8 Å². The van der Waals surface area contributed by atoms with Crippen molar-refractivity contribution in [3.63, 3.8) is 0 Å². The summed E-state index contributed by atoms with van der Waals surface area (Å²) < 4.78 is 10.4. The van der Waals surface area contributed by atoms with Gasteiger partial charge in [0.05, 0.1) is 31.4 Å². The number of aryl methyl sites for hydroxylation is 1. The number of ether oxygens (including phenoxy) is 2. The van der Waals surface area contributed by atoms with Crippen LogP contribution in [0.1, 0.15) is 29.7 Å². The van der Waals surface area contributed by atoms with Gasteiger partial charge in [0.1, 0.15) is 5.75 Å². The van der Waals surface area contributed by atoms with E-state index >= 15 is 0 Å². The molecule has 0 bridgehead atoms. The Labute approximate surface area is 95.8 Å². The Hall–Kier alpha value is -1.60. The maximum Gasteiger partial charge on any atom is 0.144 e. The Bertz CT molecular complexity index is 410. The molecular weight excluding hydrogens is 204 g/mol. The topological polar surface area (TPSA) is 55.1 Å². The number of aromatic nitrogens is 1. The van der Waals surface area contributed by atoms with E-state index in [4.69, 9.17) is 14.7 Å². The third kappa shape index (κ3) is 2.31. The standard InChI is InChI=1S/C12H16N2O2/c1-8(5-13)11-10(7-15-3)6-14-9(2)12(11)16-4/h6,8H,7H2,1-4H3. The van der Waals surface area contributed by atoms with Crippen molar-refractivity contribution in [1.29, 1.82) is 5.26 Å². The quantitative estimate of drug-likeness (QED) is 0.780. The molecule has 0 saturated carbocycles. The number of methoxy groups -OCH3 is 2. The molecule has 0 saturated heterocycles. The van der Waals surface area contributed by atoms with E-state index in [2.05, 4.69) is 11.1 Å². The second-order valence-corrected chi connectivity index (χ2v) is 3.60. The minimum atomic E-state index is -0.234. The van der Waals surface area contributed by atoms with Crippen LogP contribution in [-0.4, -0.2) is 19.2 Å². The summed E-state index contributed by atoms with van der Waals surface area (Å²) >= 11 is 0. The molecular formula is C12H16N2O2. The third-order valence-corrected chi connectivity index (χ3v) is 2.46. The Morgan fingerprint density at radius 2 is 2.19 bits per heavy atom. The Morgan fingerprint density at radius 1 is 1.50 bits per heavy atom. The number of hydrogen-bond acceptors (Lipinski definition) is 4. The summed E-state index contributed by atoms with van der Waals surface area (Å²) in [5, 5.41) is 9.02. The van der Waals surface area contributed by atoms with E-state index in [0.29, 0.717) is 12.4 Å². The first-order chi connectivity index (χ1) is 7.65. The van der Waals surface area contributed by atoms with Gasteiger partial charge < -0.3 is 9.47 Å². The Kier molecular flexibility index (Phi) is 4.27. The van der Waals surface area contributed by atoms with Gasteiger partial charge >= 0.3 is 0 Å². The zero-order valence-electron chi connectivity index (χ0n) is 10.1. The maximum absolute atomic E-state index is 9.02. The van der Waals surface area contributed by atoms with E-state index in [1.807, 2.05) is 13.8 Å². The van der Waals surface area contributed by atoms with Crippen molar-refractivity contribution in [1.82, 2.24) is 4.98 Å². The lowest BCUT2D eigenvalue weighted by Gasteiger charge is -2.16. The number of pyridine rings is 1. The maximum atomic E-state index is 9.02. The van der Waals surface area contributed by atoms with Gasteiger partial charge in [-0.05, 0) is 13.8 Å². The normalized spacial score (nSPS) is 11.9. The summed E-state index contributed by atoms with van der Waals surface area (Å²) in [6, 6.07) is 2.22. The van der Waals surface area contributed by atoms with Crippen LogP contribution in [0.15, 0.2) is 6.20 Å².